The van der Waals surface area contributed by atoms with Crippen molar-refractivity contribution in [2.75, 3.05) is 38.3 Å². The van der Waals surface area contributed by atoms with Gasteiger partial charge >= 0.3 is 12.2 Å². The van der Waals surface area contributed by atoms with Crippen molar-refractivity contribution in [2.45, 2.75) is 70.7 Å². The predicted octanol–water partition coefficient (Wildman–Crippen LogP) is 5.16. The first kappa shape index (κ1) is 28.6. The number of likely N-dealkylation sites (tertiary alicyclic amines) is 1. The highest BCUT2D eigenvalue weighted by Crippen LogP contribution is 2.61. The molecule has 12 heteroatoms. The summed E-state index contributed by atoms with van der Waals surface area (Å²) in [5, 5.41) is 3.94. The molecule has 2 saturated heterocycles. The van der Waals surface area contributed by atoms with Crippen molar-refractivity contribution in [3.05, 3.63) is 35.4 Å². The number of benzene rings is 1. The molecule has 5 rings (SSSR count). The molecule has 0 N–H and O–H groups in total. The molecule has 1 amide bonds. The minimum Gasteiger partial charge on any atom is -0.493 e. The van der Waals surface area contributed by atoms with Crippen molar-refractivity contribution in [2.24, 2.45) is 17.3 Å². The van der Waals surface area contributed by atoms with Crippen LogP contribution in [0.25, 0.3) is 0 Å². The van der Waals surface area contributed by atoms with E-state index in [0.717, 1.165) is 43.7 Å². The zero-order valence-electron chi connectivity index (χ0n) is 22.9. The molecule has 8 nitrogen and oxygen atoms in total. The maximum absolute atomic E-state index is 14.7. The van der Waals surface area contributed by atoms with E-state index in [-0.39, 0.29) is 23.9 Å². The lowest BCUT2D eigenvalue weighted by molar-refractivity contribution is -0.182. The van der Waals surface area contributed by atoms with Gasteiger partial charge in [0.15, 0.2) is 5.82 Å². The lowest BCUT2D eigenvalue weighted by Crippen LogP contribution is -2.45. The normalized spacial score (nSPS) is 25.4. The molecular weight excluding hydrogens is 532 g/mol. The summed E-state index contributed by atoms with van der Waals surface area (Å²) >= 11 is 0. The van der Waals surface area contributed by atoms with E-state index < -0.39 is 30.4 Å². The topological polar surface area (TPSA) is 80.9 Å². The smallest absolute Gasteiger partial charge is 0.408 e. The molecule has 0 bridgehead atoms. The number of aromatic nitrogens is 2. The number of carbonyl (C=O) groups excluding carboxylic acids is 1. The molecule has 0 spiro atoms. The van der Waals surface area contributed by atoms with Crippen LogP contribution in [0.3, 0.4) is 0 Å². The van der Waals surface area contributed by atoms with Crippen LogP contribution >= 0.6 is 0 Å². The second-order valence-electron chi connectivity index (χ2n) is 11.4. The molecule has 3 heterocycles. The molecule has 3 atom stereocenters. The maximum atomic E-state index is 14.7. The van der Waals surface area contributed by atoms with Gasteiger partial charge in [0.05, 0.1) is 13.0 Å². The molecule has 40 heavy (non-hydrogen) atoms. The van der Waals surface area contributed by atoms with Gasteiger partial charge in [-0.05, 0) is 67.4 Å². The number of amides is 1. The van der Waals surface area contributed by atoms with E-state index in [0.29, 0.717) is 49.1 Å². The van der Waals surface area contributed by atoms with Crippen molar-refractivity contribution in [3.8, 4) is 5.75 Å². The van der Waals surface area contributed by atoms with Gasteiger partial charge in [0.1, 0.15) is 24.2 Å². The monoisotopic (exact) mass is 568 g/mol. The number of alkyl halides is 3. The summed E-state index contributed by atoms with van der Waals surface area (Å²) in [7, 11) is 1.59. The molecule has 0 radical (unpaired) electrons. The summed E-state index contributed by atoms with van der Waals surface area (Å²) in [6.45, 7) is 4.86. The number of hydrogen-bond donors (Lipinski definition) is 0. The van der Waals surface area contributed by atoms with E-state index in [9.17, 15) is 22.4 Å². The van der Waals surface area contributed by atoms with Crippen LogP contribution in [0.1, 0.15) is 56.8 Å². The number of piperidine rings is 1. The van der Waals surface area contributed by atoms with Gasteiger partial charge in [-0.2, -0.15) is 18.2 Å². The molecule has 2 aromatic rings. The third kappa shape index (κ3) is 6.21. The quantitative estimate of drug-likeness (QED) is 0.366. The van der Waals surface area contributed by atoms with E-state index in [2.05, 4.69) is 22.0 Å². The Hall–Kier alpha value is -2.89. The average Bonchev–Trinajstić information content (AvgIpc) is 3.29. The Kier molecular flexibility index (Phi) is 8.26. The Morgan fingerprint density at radius 2 is 1.98 bits per heavy atom. The van der Waals surface area contributed by atoms with Crippen LogP contribution < -0.4 is 9.64 Å². The van der Waals surface area contributed by atoms with E-state index in [1.54, 1.807) is 13.2 Å². The highest BCUT2D eigenvalue weighted by molar-refractivity contribution is 5.79. The Balaban J connectivity index is 1.05. The molecule has 1 saturated carbocycles. The zero-order chi connectivity index (χ0) is 28.5. The molecule has 0 unspecified atom stereocenters. The fraction of sp³-hybridized carbons (Fsp3) is 0.679. The number of methoxy groups -OCH3 is 1. The second-order valence-corrected chi connectivity index (χ2v) is 11.4. The van der Waals surface area contributed by atoms with Crippen molar-refractivity contribution in [3.63, 3.8) is 0 Å². The molecule has 1 aromatic carbocycles. The predicted molar refractivity (Wildman–Crippen MR) is 137 cm³/mol. The van der Waals surface area contributed by atoms with Gasteiger partial charge < -0.3 is 23.8 Å². The maximum Gasteiger partial charge on any atom is 0.408 e. The summed E-state index contributed by atoms with van der Waals surface area (Å²) in [6, 6.07) is 2.98. The van der Waals surface area contributed by atoms with Crippen LogP contribution in [-0.4, -0.2) is 66.5 Å². The highest BCUT2D eigenvalue weighted by Gasteiger charge is 2.54. The molecule has 1 aliphatic carbocycles. The summed E-state index contributed by atoms with van der Waals surface area (Å²) in [5.74, 6) is 0.664. The van der Waals surface area contributed by atoms with E-state index in [1.807, 2.05) is 0 Å². The third-order valence-electron chi connectivity index (χ3n) is 8.94. The van der Waals surface area contributed by atoms with E-state index >= 15 is 0 Å². The van der Waals surface area contributed by atoms with Crippen molar-refractivity contribution < 1.29 is 36.4 Å². The number of carbonyl (C=O) groups is 1. The van der Waals surface area contributed by atoms with Gasteiger partial charge in [-0.15, -0.1) is 0 Å². The largest absolute Gasteiger partial charge is 0.493 e. The van der Waals surface area contributed by atoms with Gasteiger partial charge in [0, 0.05) is 32.8 Å². The van der Waals surface area contributed by atoms with Crippen LogP contribution in [0.2, 0.25) is 0 Å². The van der Waals surface area contributed by atoms with Gasteiger partial charge in [-0.1, -0.05) is 18.1 Å². The second kappa shape index (κ2) is 11.5. The fourth-order valence-corrected chi connectivity index (χ4v) is 6.45. The van der Waals surface area contributed by atoms with Crippen LogP contribution in [0.5, 0.6) is 5.75 Å². The van der Waals surface area contributed by atoms with Gasteiger partial charge in [0.25, 0.3) is 0 Å². The van der Waals surface area contributed by atoms with Crippen LogP contribution in [0.15, 0.2) is 22.7 Å². The van der Waals surface area contributed by atoms with Crippen LogP contribution in [0, 0.1) is 23.1 Å². The first-order valence-electron chi connectivity index (χ1n) is 13.9. The number of hydrogen-bond acceptors (Lipinski definition) is 7. The van der Waals surface area contributed by atoms with Crippen LogP contribution in [0.4, 0.5) is 23.6 Å². The average molecular weight is 569 g/mol. The molecule has 1 aromatic heterocycles. The number of halogens is 4. The van der Waals surface area contributed by atoms with Crippen LogP contribution in [-0.2, 0) is 22.6 Å². The SMILES string of the molecule is COCc1noc(N2CCC([C@@]3(C)C[C@H]3CCOc3ccc(CC(=O)N4CCC[C@@H]4C(F)(F)F)c(F)c3)CC2)n1. The minimum absolute atomic E-state index is 0.0411. The Bertz CT molecular complexity index is 1180. The highest BCUT2D eigenvalue weighted by atomic mass is 19.4. The zero-order valence-corrected chi connectivity index (χ0v) is 22.9. The van der Waals surface area contributed by atoms with Gasteiger partial charge in [0.2, 0.25) is 5.91 Å². The molecule has 2 aliphatic heterocycles. The van der Waals surface area contributed by atoms with E-state index in [4.69, 9.17) is 14.0 Å². The molecule has 3 aliphatic rings. The third-order valence-corrected chi connectivity index (χ3v) is 8.94. The Morgan fingerprint density at radius 3 is 2.67 bits per heavy atom. The first-order chi connectivity index (χ1) is 19.1. The standard InChI is InChI=1S/C28H36F4N4O4/c1-27(19-7-11-35(12-8-19)26-33-24(17-38-2)34-40-26)16-20(27)9-13-39-21-6-5-18(22(29)15-21)14-25(37)36-10-3-4-23(36)28(30,31)32/h5-6,15,19-20,23H,3-4,7-14,16-17H2,1-2H3/t20-,23-,27-/m1/s1. The molecular formula is C28H36F4N4O4. The van der Waals surface area contributed by atoms with Gasteiger partial charge in [-0.3, -0.25) is 4.79 Å². The number of rotatable bonds is 10. The van der Waals surface area contributed by atoms with E-state index in [1.165, 1.54) is 12.1 Å². The minimum atomic E-state index is -4.47. The Morgan fingerprint density at radius 1 is 1.20 bits per heavy atom. The van der Waals surface area contributed by atoms with Gasteiger partial charge in [-0.25, -0.2) is 4.39 Å². The lowest BCUT2D eigenvalue weighted by atomic mass is 9.81. The summed E-state index contributed by atoms with van der Waals surface area (Å²) in [4.78, 5) is 19.8. The number of anilines is 1. The molecule has 220 valence electrons. The Labute approximate surface area is 231 Å². The van der Waals surface area contributed by atoms with Crippen molar-refractivity contribution >= 4 is 11.9 Å². The summed E-state index contributed by atoms with van der Waals surface area (Å²) in [5.41, 5.74) is 0.326. The number of ether oxygens (including phenoxy) is 2. The lowest BCUT2D eigenvalue weighted by Gasteiger charge is -2.34. The number of nitrogens with zero attached hydrogens (tertiary/aromatic N) is 4. The molecule has 3 fully saturated rings. The summed E-state index contributed by atoms with van der Waals surface area (Å²) in [6.07, 6.45) is -0.619. The fourth-order valence-electron chi connectivity index (χ4n) is 6.45. The van der Waals surface area contributed by atoms with Crippen molar-refractivity contribution in [1.82, 2.24) is 15.0 Å². The summed E-state index contributed by atoms with van der Waals surface area (Å²) < 4.78 is 70.4. The first-order valence-corrected chi connectivity index (χ1v) is 13.9. The van der Waals surface area contributed by atoms with Crippen molar-refractivity contribution in [1.29, 1.82) is 0 Å².